The lowest BCUT2D eigenvalue weighted by atomic mass is 9.75. The Kier molecular flexibility index (Phi) is 2.89. The fourth-order valence-corrected chi connectivity index (χ4v) is 2.61. The first kappa shape index (κ1) is 11.4. The fraction of sp³-hybridized carbons (Fsp3) is 0.615. The molecule has 16 heavy (non-hydrogen) atoms. The Balaban J connectivity index is 2.25. The summed E-state index contributed by atoms with van der Waals surface area (Å²) in [7, 11) is 1.42. The van der Waals surface area contributed by atoms with Gasteiger partial charge >= 0.3 is 5.97 Å². The number of methoxy groups -OCH3 is 1. The van der Waals surface area contributed by atoms with Gasteiger partial charge in [-0.2, -0.15) is 0 Å². The molecule has 2 rings (SSSR count). The summed E-state index contributed by atoms with van der Waals surface area (Å²) >= 11 is 0. The van der Waals surface area contributed by atoms with Crippen LogP contribution in [0.25, 0.3) is 0 Å². The van der Waals surface area contributed by atoms with Crippen LogP contribution in [0.2, 0.25) is 0 Å². The van der Waals surface area contributed by atoms with Gasteiger partial charge in [0.15, 0.2) is 0 Å². The molecular weight excluding hydrogens is 204 g/mol. The highest BCUT2D eigenvalue weighted by molar-refractivity contribution is 5.89. The van der Waals surface area contributed by atoms with Gasteiger partial charge in [-0.15, -0.1) is 0 Å². The molecule has 1 saturated heterocycles. The van der Waals surface area contributed by atoms with E-state index in [1.807, 2.05) is 6.08 Å². The van der Waals surface area contributed by atoms with Crippen LogP contribution in [-0.2, 0) is 14.3 Å². The van der Waals surface area contributed by atoms with Crippen molar-refractivity contribution in [1.82, 2.24) is 0 Å². The summed E-state index contributed by atoms with van der Waals surface area (Å²) < 4.78 is 10.3. The molecular formula is C13H18O3. The summed E-state index contributed by atoms with van der Waals surface area (Å²) in [5.74, 6) is 0.136. The van der Waals surface area contributed by atoms with Crippen molar-refractivity contribution in [1.29, 1.82) is 0 Å². The zero-order valence-corrected chi connectivity index (χ0v) is 9.91. The average Bonchev–Trinajstić information content (AvgIpc) is 2.60. The number of allylic oxidation sites excluding steroid dienone is 1. The molecule has 0 aromatic rings. The van der Waals surface area contributed by atoms with Gasteiger partial charge in [0.2, 0.25) is 0 Å². The van der Waals surface area contributed by atoms with E-state index in [2.05, 4.69) is 13.5 Å². The molecule has 3 nitrogen and oxygen atoms in total. The van der Waals surface area contributed by atoms with Crippen molar-refractivity contribution in [3.63, 3.8) is 0 Å². The maximum absolute atomic E-state index is 11.5. The van der Waals surface area contributed by atoms with E-state index in [0.29, 0.717) is 12.3 Å². The predicted octanol–water partition coefficient (Wildman–Crippen LogP) is 2.09. The van der Waals surface area contributed by atoms with E-state index in [4.69, 9.17) is 9.47 Å². The van der Waals surface area contributed by atoms with Crippen molar-refractivity contribution in [3.8, 4) is 0 Å². The number of ether oxygens (including phenoxy) is 2. The summed E-state index contributed by atoms with van der Waals surface area (Å²) in [4.78, 5) is 11.5. The van der Waals surface area contributed by atoms with E-state index >= 15 is 0 Å². The maximum Gasteiger partial charge on any atom is 0.333 e. The van der Waals surface area contributed by atoms with Crippen LogP contribution < -0.4 is 0 Å². The smallest absolute Gasteiger partial charge is 0.333 e. The van der Waals surface area contributed by atoms with Gasteiger partial charge in [-0.25, -0.2) is 4.79 Å². The van der Waals surface area contributed by atoms with Crippen molar-refractivity contribution in [2.24, 2.45) is 11.3 Å². The molecule has 0 radical (unpaired) electrons. The third kappa shape index (κ3) is 1.80. The van der Waals surface area contributed by atoms with Crippen LogP contribution in [0, 0.1) is 11.3 Å². The number of fused-ring (bicyclic) bond motifs is 1. The van der Waals surface area contributed by atoms with E-state index in [-0.39, 0.29) is 11.4 Å². The van der Waals surface area contributed by atoms with Crippen LogP contribution >= 0.6 is 0 Å². The lowest BCUT2D eigenvalue weighted by Crippen LogP contribution is -2.25. The molecule has 0 unspecified atom stereocenters. The minimum absolute atomic E-state index is 0.104. The van der Waals surface area contributed by atoms with Crippen molar-refractivity contribution in [2.45, 2.75) is 19.8 Å². The summed E-state index contributed by atoms with van der Waals surface area (Å²) in [6.45, 7) is 7.79. The second-order valence-electron chi connectivity index (χ2n) is 4.98. The third-order valence-electron chi connectivity index (χ3n) is 3.73. The van der Waals surface area contributed by atoms with Crippen LogP contribution in [0.4, 0.5) is 0 Å². The number of carbonyl (C=O) groups is 1. The molecule has 0 bridgehead atoms. The SMILES string of the molecule is C=C1CC(C(=O)OC)=CC[C@]2(C)COC[C@H]12. The highest BCUT2D eigenvalue weighted by Crippen LogP contribution is 2.45. The van der Waals surface area contributed by atoms with Crippen LogP contribution in [0.3, 0.4) is 0 Å². The van der Waals surface area contributed by atoms with Crippen molar-refractivity contribution in [2.75, 3.05) is 20.3 Å². The summed E-state index contributed by atoms with van der Waals surface area (Å²) in [6, 6.07) is 0. The Labute approximate surface area is 96.1 Å². The van der Waals surface area contributed by atoms with Crippen LogP contribution in [0.15, 0.2) is 23.8 Å². The molecule has 0 aromatic carbocycles. The first-order valence-corrected chi connectivity index (χ1v) is 5.59. The standard InChI is InChI=1S/C13H18O3/c1-9-6-10(12(14)15-3)4-5-13(2)8-16-7-11(9)13/h4,11H,1,5-8H2,2-3H3/t11-,13-/m1/s1. The first-order valence-electron chi connectivity index (χ1n) is 5.59. The van der Waals surface area contributed by atoms with E-state index in [1.54, 1.807) is 0 Å². The van der Waals surface area contributed by atoms with Crippen LogP contribution in [0.5, 0.6) is 0 Å². The molecule has 1 heterocycles. The summed E-state index contributed by atoms with van der Waals surface area (Å²) in [5.41, 5.74) is 1.93. The normalized spacial score (nSPS) is 34.0. The lowest BCUT2D eigenvalue weighted by Gasteiger charge is -2.27. The molecule has 0 aromatic heterocycles. The molecule has 2 aliphatic rings. The number of esters is 1. The van der Waals surface area contributed by atoms with Gasteiger partial charge in [0.1, 0.15) is 0 Å². The Bertz CT molecular complexity index is 356. The second-order valence-corrected chi connectivity index (χ2v) is 4.98. The lowest BCUT2D eigenvalue weighted by molar-refractivity contribution is -0.136. The van der Waals surface area contributed by atoms with Gasteiger partial charge in [-0.3, -0.25) is 0 Å². The molecule has 0 N–H and O–H groups in total. The Morgan fingerprint density at radius 2 is 2.44 bits per heavy atom. The van der Waals surface area contributed by atoms with Crippen molar-refractivity contribution >= 4 is 5.97 Å². The fourth-order valence-electron chi connectivity index (χ4n) is 2.61. The molecule has 3 heteroatoms. The number of hydrogen-bond acceptors (Lipinski definition) is 3. The highest BCUT2D eigenvalue weighted by atomic mass is 16.5. The molecule has 0 spiro atoms. The van der Waals surface area contributed by atoms with Gasteiger partial charge in [0, 0.05) is 23.3 Å². The van der Waals surface area contributed by atoms with Gasteiger partial charge in [0.05, 0.1) is 20.3 Å². The predicted molar refractivity (Wildman–Crippen MR) is 60.9 cm³/mol. The molecule has 0 saturated carbocycles. The second kappa shape index (κ2) is 4.06. The minimum Gasteiger partial charge on any atom is -0.466 e. The zero-order valence-electron chi connectivity index (χ0n) is 9.91. The largest absolute Gasteiger partial charge is 0.466 e. The van der Waals surface area contributed by atoms with E-state index in [1.165, 1.54) is 7.11 Å². The van der Waals surface area contributed by atoms with E-state index in [0.717, 1.165) is 30.8 Å². The van der Waals surface area contributed by atoms with Crippen LogP contribution in [0.1, 0.15) is 19.8 Å². The molecule has 2 atom stereocenters. The van der Waals surface area contributed by atoms with Crippen molar-refractivity contribution < 1.29 is 14.3 Å². The maximum atomic E-state index is 11.5. The van der Waals surface area contributed by atoms with Gasteiger partial charge in [-0.05, 0) is 6.42 Å². The third-order valence-corrected chi connectivity index (χ3v) is 3.73. The number of carbonyl (C=O) groups excluding carboxylic acids is 1. The summed E-state index contributed by atoms with van der Waals surface area (Å²) in [6.07, 6.45) is 3.48. The highest BCUT2D eigenvalue weighted by Gasteiger charge is 2.42. The monoisotopic (exact) mass is 222 g/mol. The topological polar surface area (TPSA) is 35.5 Å². The van der Waals surface area contributed by atoms with E-state index in [9.17, 15) is 4.79 Å². The van der Waals surface area contributed by atoms with Crippen molar-refractivity contribution in [3.05, 3.63) is 23.8 Å². The molecule has 1 fully saturated rings. The number of hydrogen-bond donors (Lipinski definition) is 0. The Morgan fingerprint density at radius 3 is 3.12 bits per heavy atom. The number of rotatable bonds is 1. The molecule has 88 valence electrons. The summed E-state index contributed by atoms with van der Waals surface area (Å²) in [5, 5.41) is 0. The quantitative estimate of drug-likeness (QED) is 0.503. The van der Waals surface area contributed by atoms with Gasteiger partial charge in [0.25, 0.3) is 0 Å². The van der Waals surface area contributed by atoms with Gasteiger partial charge in [-0.1, -0.05) is 25.2 Å². The Hall–Kier alpha value is -1.09. The van der Waals surface area contributed by atoms with Gasteiger partial charge < -0.3 is 9.47 Å². The Morgan fingerprint density at radius 1 is 1.69 bits per heavy atom. The zero-order chi connectivity index (χ0) is 11.8. The molecule has 0 amide bonds. The molecule has 1 aliphatic carbocycles. The first-order chi connectivity index (χ1) is 7.57. The minimum atomic E-state index is -0.231. The average molecular weight is 222 g/mol. The van der Waals surface area contributed by atoms with Crippen LogP contribution in [-0.4, -0.2) is 26.3 Å². The molecule has 1 aliphatic heterocycles. The van der Waals surface area contributed by atoms with E-state index < -0.39 is 0 Å².